The minimum atomic E-state index is -0.199. The van der Waals surface area contributed by atoms with Gasteiger partial charge in [-0.15, -0.1) is 0 Å². The lowest BCUT2D eigenvalue weighted by Gasteiger charge is -2.31. The van der Waals surface area contributed by atoms with Gasteiger partial charge in [-0.1, -0.05) is 26.0 Å². The zero-order chi connectivity index (χ0) is 20.8. The number of carbonyl (C=O) groups is 3. The average molecular weight is 397 g/mol. The molecule has 1 fully saturated rings. The van der Waals surface area contributed by atoms with Crippen molar-refractivity contribution < 1.29 is 18.8 Å². The van der Waals surface area contributed by atoms with Crippen LogP contribution in [-0.2, 0) is 4.79 Å². The molecule has 2 N–H and O–H groups in total. The average Bonchev–Trinajstić information content (AvgIpc) is 3.27. The standard InChI is InChI=1S/C22H27N3O4/c1-15(2)13-23-21(27)18-5-3-4-6-19(18)24-20(26)16-7-10-25(11-8-16)22(28)17-9-12-29-14-17/h3-6,9,12,14-16H,7-8,10-11,13H2,1-2H3,(H,23,27)(H,24,26). The zero-order valence-electron chi connectivity index (χ0n) is 16.8. The van der Waals surface area contributed by atoms with Crippen LogP contribution in [0.1, 0.15) is 47.4 Å². The van der Waals surface area contributed by atoms with Gasteiger partial charge in [0.1, 0.15) is 6.26 Å². The summed E-state index contributed by atoms with van der Waals surface area (Å²) >= 11 is 0. The van der Waals surface area contributed by atoms with Crippen LogP contribution < -0.4 is 10.6 Å². The number of rotatable bonds is 6. The van der Waals surface area contributed by atoms with Crippen LogP contribution in [0.25, 0.3) is 0 Å². The van der Waals surface area contributed by atoms with E-state index in [9.17, 15) is 14.4 Å². The van der Waals surface area contributed by atoms with Gasteiger partial charge in [-0.3, -0.25) is 14.4 Å². The number of likely N-dealkylation sites (tertiary alicyclic amines) is 1. The molecule has 1 aromatic heterocycles. The van der Waals surface area contributed by atoms with Gasteiger partial charge in [-0.25, -0.2) is 0 Å². The highest BCUT2D eigenvalue weighted by Gasteiger charge is 2.28. The first-order valence-corrected chi connectivity index (χ1v) is 9.95. The molecule has 1 aliphatic heterocycles. The Labute approximate surface area is 170 Å². The van der Waals surface area contributed by atoms with E-state index < -0.39 is 0 Å². The van der Waals surface area contributed by atoms with E-state index in [2.05, 4.69) is 10.6 Å². The molecule has 29 heavy (non-hydrogen) atoms. The van der Waals surface area contributed by atoms with Gasteiger partial charge >= 0.3 is 0 Å². The first-order chi connectivity index (χ1) is 14.0. The Morgan fingerprint density at radius 3 is 2.52 bits per heavy atom. The van der Waals surface area contributed by atoms with Crippen molar-refractivity contribution in [1.82, 2.24) is 10.2 Å². The predicted molar refractivity (Wildman–Crippen MR) is 110 cm³/mol. The summed E-state index contributed by atoms with van der Waals surface area (Å²) in [6, 6.07) is 8.65. The SMILES string of the molecule is CC(C)CNC(=O)c1ccccc1NC(=O)C1CCN(C(=O)c2ccoc2)CC1. The monoisotopic (exact) mass is 397 g/mol. The fourth-order valence-electron chi connectivity index (χ4n) is 3.33. The van der Waals surface area contributed by atoms with Crippen molar-refractivity contribution in [2.24, 2.45) is 11.8 Å². The van der Waals surface area contributed by atoms with Crippen LogP contribution in [0, 0.1) is 11.8 Å². The highest BCUT2D eigenvalue weighted by molar-refractivity contribution is 6.04. The van der Waals surface area contributed by atoms with Gasteiger partial charge in [0, 0.05) is 25.6 Å². The van der Waals surface area contributed by atoms with Crippen LogP contribution in [0.4, 0.5) is 5.69 Å². The van der Waals surface area contributed by atoms with Crippen molar-refractivity contribution >= 4 is 23.4 Å². The molecule has 0 saturated carbocycles. The highest BCUT2D eigenvalue weighted by atomic mass is 16.3. The summed E-state index contributed by atoms with van der Waals surface area (Å²) in [5, 5.41) is 5.78. The topological polar surface area (TPSA) is 91.7 Å². The molecule has 7 heteroatoms. The summed E-state index contributed by atoms with van der Waals surface area (Å²) < 4.78 is 4.97. The zero-order valence-corrected chi connectivity index (χ0v) is 16.8. The summed E-state index contributed by atoms with van der Waals surface area (Å²) in [5.41, 5.74) is 1.49. The molecule has 0 atom stereocenters. The van der Waals surface area contributed by atoms with Crippen molar-refractivity contribution in [2.75, 3.05) is 25.0 Å². The van der Waals surface area contributed by atoms with Crippen LogP contribution in [-0.4, -0.2) is 42.3 Å². The van der Waals surface area contributed by atoms with E-state index in [4.69, 9.17) is 4.42 Å². The maximum atomic E-state index is 12.8. The molecule has 154 valence electrons. The lowest BCUT2D eigenvalue weighted by Crippen LogP contribution is -2.41. The van der Waals surface area contributed by atoms with Crippen LogP contribution in [0.5, 0.6) is 0 Å². The van der Waals surface area contributed by atoms with E-state index in [0.29, 0.717) is 55.2 Å². The Morgan fingerprint density at radius 2 is 1.86 bits per heavy atom. The van der Waals surface area contributed by atoms with E-state index in [-0.39, 0.29) is 23.6 Å². The highest BCUT2D eigenvalue weighted by Crippen LogP contribution is 2.22. The van der Waals surface area contributed by atoms with Crippen molar-refractivity contribution in [3.63, 3.8) is 0 Å². The molecule has 2 aromatic rings. The minimum absolute atomic E-state index is 0.0789. The lowest BCUT2D eigenvalue weighted by atomic mass is 9.95. The number of piperidine rings is 1. The maximum Gasteiger partial charge on any atom is 0.257 e. The second-order valence-corrected chi connectivity index (χ2v) is 7.72. The van der Waals surface area contributed by atoms with Crippen LogP contribution in [0.15, 0.2) is 47.3 Å². The number of hydrogen-bond acceptors (Lipinski definition) is 4. The van der Waals surface area contributed by atoms with E-state index in [1.165, 1.54) is 12.5 Å². The molecular weight excluding hydrogens is 370 g/mol. The lowest BCUT2D eigenvalue weighted by molar-refractivity contribution is -0.121. The van der Waals surface area contributed by atoms with Crippen molar-refractivity contribution in [3.05, 3.63) is 54.0 Å². The van der Waals surface area contributed by atoms with Gasteiger partial charge < -0.3 is 20.0 Å². The molecule has 0 spiro atoms. The summed E-state index contributed by atoms with van der Waals surface area (Å²) in [5.74, 6) is -0.254. The number of carbonyl (C=O) groups excluding carboxylic acids is 3. The Bertz CT molecular complexity index is 853. The number of para-hydroxylation sites is 1. The number of nitrogens with one attached hydrogen (secondary N) is 2. The maximum absolute atomic E-state index is 12.8. The second kappa shape index (κ2) is 9.41. The Kier molecular flexibility index (Phi) is 6.69. The van der Waals surface area contributed by atoms with Gasteiger partial charge in [0.15, 0.2) is 0 Å². The molecule has 7 nitrogen and oxygen atoms in total. The molecule has 1 saturated heterocycles. The molecule has 3 rings (SSSR count). The molecule has 0 radical (unpaired) electrons. The molecule has 0 unspecified atom stereocenters. The number of anilines is 1. The molecule has 1 aliphatic rings. The third-order valence-electron chi connectivity index (χ3n) is 5.02. The quantitative estimate of drug-likeness (QED) is 0.783. The van der Waals surface area contributed by atoms with Crippen molar-refractivity contribution in [3.8, 4) is 0 Å². The van der Waals surface area contributed by atoms with Gasteiger partial charge in [0.05, 0.1) is 23.1 Å². The smallest absolute Gasteiger partial charge is 0.257 e. The number of hydrogen-bond donors (Lipinski definition) is 2. The molecular formula is C22H27N3O4. The van der Waals surface area contributed by atoms with Gasteiger partial charge in [-0.05, 0) is 37.0 Å². The number of furan rings is 1. The number of amides is 3. The first-order valence-electron chi connectivity index (χ1n) is 9.95. The van der Waals surface area contributed by atoms with Crippen LogP contribution in [0.2, 0.25) is 0 Å². The fourth-order valence-corrected chi connectivity index (χ4v) is 3.33. The summed E-state index contributed by atoms with van der Waals surface area (Å²) in [4.78, 5) is 39.3. The summed E-state index contributed by atoms with van der Waals surface area (Å²) in [7, 11) is 0. The Morgan fingerprint density at radius 1 is 1.14 bits per heavy atom. The third kappa shape index (κ3) is 5.25. The number of nitrogens with zero attached hydrogens (tertiary/aromatic N) is 1. The molecule has 2 heterocycles. The van der Waals surface area contributed by atoms with E-state index in [1.807, 2.05) is 13.8 Å². The number of benzene rings is 1. The minimum Gasteiger partial charge on any atom is -0.472 e. The van der Waals surface area contributed by atoms with E-state index in [0.717, 1.165) is 0 Å². The summed E-state index contributed by atoms with van der Waals surface area (Å²) in [6.45, 7) is 5.65. The molecule has 1 aromatic carbocycles. The van der Waals surface area contributed by atoms with Gasteiger partial charge in [0.25, 0.3) is 11.8 Å². The van der Waals surface area contributed by atoms with E-state index in [1.54, 1.807) is 35.2 Å². The first kappa shape index (κ1) is 20.6. The normalized spacial score (nSPS) is 14.7. The Hall–Kier alpha value is -3.09. The van der Waals surface area contributed by atoms with Gasteiger partial charge in [-0.2, -0.15) is 0 Å². The molecule has 3 amide bonds. The Balaban J connectivity index is 1.57. The van der Waals surface area contributed by atoms with Crippen LogP contribution in [0.3, 0.4) is 0 Å². The summed E-state index contributed by atoms with van der Waals surface area (Å²) in [6.07, 6.45) is 4.07. The fraction of sp³-hybridized carbons (Fsp3) is 0.409. The van der Waals surface area contributed by atoms with E-state index >= 15 is 0 Å². The molecule has 0 bridgehead atoms. The van der Waals surface area contributed by atoms with Crippen LogP contribution >= 0.6 is 0 Å². The largest absolute Gasteiger partial charge is 0.472 e. The van der Waals surface area contributed by atoms with Crippen molar-refractivity contribution in [1.29, 1.82) is 0 Å². The second-order valence-electron chi connectivity index (χ2n) is 7.72. The molecule has 0 aliphatic carbocycles. The van der Waals surface area contributed by atoms with Gasteiger partial charge in [0.2, 0.25) is 5.91 Å². The third-order valence-corrected chi connectivity index (χ3v) is 5.02. The predicted octanol–water partition coefficient (Wildman–Crippen LogP) is 3.16. The van der Waals surface area contributed by atoms with Crippen molar-refractivity contribution in [2.45, 2.75) is 26.7 Å².